The fourth-order valence-corrected chi connectivity index (χ4v) is 7.43. The van der Waals surface area contributed by atoms with Crippen molar-refractivity contribution in [2.24, 2.45) is 0 Å². The summed E-state index contributed by atoms with van der Waals surface area (Å²) in [4.78, 5) is 67.3. The lowest BCUT2D eigenvalue weighted by Crippen LogP contribution is -2.45. The number of amides is 4. The van der Waals surface area contributed by atoms with Crippen LogP contribution in [-0.4, -0.2) is 47.2 Å². The van der Waals surface area contributed by atoms with Gasteiger partial charge in [0.1, 0.15) is 6.04 Å². The van der Waals surface area contributed by atoms with Crippen molar-refractivity contribution in [2.45, 2.75) is 257 Å². The van der Waals surface area contributed by atoms with E-state index in [1.54, 1.807) is 0 Å². The molecule has 0 aromatic heterocycles. The third kappa shape index (κ3) is 30.4. The molecule has 9 nitrogen and oxygen atoms in total. The lowest BCUT2D eigenvalue weighted by Gasteiger charge is -2.20. The summed E-state index contributed by atoms with van der Waals surface area (Å²) in [5, 5.41) is 6.30. The minimum atomic E-state index is -0.957. The highest BCUT2D eigenvalue weighted by Crippen LogP contribution is 2.17. The average molecular weight is 776 g/mol. The molecule has 1 aliphatic rings. The topological polar surface area (TPSA) is 122 Å². The maximum Gasteiger partial charge on any atom is 0.355 e. The van der Waals surface area contributed by atoms with Gasteiger partial charge in [-0.3, -0.25) is 19.2 Å². The Hall–Kier alpha value is -2.45. The fraction of sp³-hybridized carbons (Fsp3) is 0.891. The van der Waals surface area contributed by atoms with E-state index in [4.69, 9.17) is 4.84 Å². The molecule has 1 saturated heterocycles. The number of hydrogen-bond donors (Lipinski definition) is 2. The van der Waals surface area contributed by atoms with Crippen LogP contribution in [0.25, 0.3) is 0 Å². The van der Waals surface area contributed by atoms with Crippen molar-refractivity contribution in [2.75, 3.05) is 6.54 Å². The van der Waals surface area contributed by atoms with E-state index < -0.39 is 23.8 Å². The summed E-state index contributed by atoms with van der Waals surface area (Å²) < 4.78 is 0. The van der Waals surface area contributed by atoms with Crippen LogP contribution in [0.4, 0.5) is 0 Å². The highest BCUT2D eigenvalue weighted by molar-refractivity contribution is 6.02. The predicted octanol–water partition coefficient (Wildman–Crippen LogP) is 11.9. The van der Waals surface area contributed by atoms with Gasteiger partial charge in [0.15, 0.2) is 0 Å². The van der Waals surface area contributed by atoms with Crippen molar-refractivity contribution in [3.05, 3.63) is 0 Å². The molecule has 0 spiro atoms. The van der Waals surface area contributed by atoms with Crippen LogP contribution in [0, 0.1) is 0 Å². The summed E-state index contributed by atoms with van der Waals surface area (Å²) in [6, 6.07) is -0.957. The van der Waals surface area contributed by atoms with Gasteiger partial charge >= 0.3 is 5.97 Å². The zero-order chi connectivity index (χ0) is 40.0. The molecule has 0 aliphatic carbocycles. The van der Waals surface area contributed by atoms with E-state index in [9.17, 15) is 24.0 Å². The SMILES string of the molecule is CCCCCCCCCCCCCCCCCC(=O)NCCCC[C@H](NC(=O)CCCCCCCCCCCCCCCCC)C(=O)ON1C(=O)CCC1=O. The highest BCUT2D eigenvalue weighted by Gasteiger charge is 2.35. The molecule has 0 aromatic carbocycles. The first kappa shape index (κ1) is 50.6. The van der Waals surface area contributed by atoms with E-state index in [-0.39, 0.29) is 24.7 Å². The van der Waals surface area contributed by atoms with Crippen LogP contribution >= 0.6 is 0 Å². The summed E-state index contributed by atoms with van der Waals surface area (Å²) in [6.07, 6.45) is 40.5. The second-order valence-electron chi connectivity index (χ2n) is 16.4. The number of rotatable bonds is 40. The molecule has 0 saturated carbocycles. The van der Waals surface area contributed by atoms with Crippen LogP contribution in [0.15, 0.2) is 0 Å². The Labute approximate surface area is 337 Å². The van der Waals surface area contributed by atoms with Crippen molar-refractivity contribution >= 4 is 29.6 Å². The molecule has 4 amide bonds. The second kappa shape index (κ2) is 37.1. The van der Waals surface area contributed by atoms with E-state index in [1.165, 1.54) is 161 Å². The van der Waals surface area contributed by atoms with Gasteiger partial charge < -0.3 is 15.5 Å². The van der Waals surface area contributed by atoms with Crippen LogP contribution in [0.2, 0.25) is 0 Å². The number of nitrogens with one attached hydrogen (secondary N) is 2. The van der Waals surface area contributed by atoms with Gasteiger partial charge in [0.25, 0.3) is 11.8 Å². The van der Waals surface area contributed by atoms with Gasteiger partial charge in [0.05, 0.1) is 0 Å². The van der Waals surface area contributed by atoms with Gasteiger partial charge in [-0.15, -0.1) is 5.06 Å². The summed E-state index contributed by atoms with van der Waals surface area (Å²) in [5.74, 6) is -2.07. The molecule has 320 valence electrons. The third-order valence-electron chi connectivity index (χ3n) is 11.1. The Morgan fingerprint density at radius 1 is 0.491 bits per heavy atom. The quantitative estimate of drug-likeness (QED) is 0.0472. The largest absolute Gasteiger partial charge is 0.356 e. The number of hydroxylamine groups is 2. The van der Waals surface area contributed by atoms with E-state index in [0.29, 0.717) is 43.7 Å². The Morgan fingerprint density at radius 3 is 1.22 bits per heavy atom. The third-order valence-corrected chi connectivity index (χ3v) is 11.1. The number of nitrogens with zero attached hydrogens (tertiary/aromatic N) is 1. The number of unbranched alkanes of at least 4 members (excludes halogenated alkanes) is 29. The zero-order valence-electron chi connectivity index (χ0n) is 35.8. The average Bonchev–Trinajstić information content (AvgIpc) is 3.49. The summed E-state index contributed by atoms with van der Waals surface area (Å²) in [6.45, 7) is 5.02. The van der Waals surface area contributed by atoms with Gasteiger partial charge in [0.2, 0.25) is 11.8 Å². The molecular weight excluding hydrogens is 691 g/mol. The van der Waals surface area contributed by atoms with Crippen molar-refractivity contribution in [1.29, 1.82) is 0 Å². The summed E-state index contributed by atoms with van der Waals surface area (Å²) >= 11 is 0. The van der Waals surface area contributed by atoms with Crippen LogP contribution in [0.1, 0.15) is 251 Å². The molecule has 9 heteroatoms. The van der Waals surface area contributed by atoms with Crippen LogP contribution in [0.3, 0.4) is 0 Å². The zero-order valence-corrected chi connectivity index (χ0v) is 35.8. The standard InChI is InChI=1S/C46H85N3O6/c1-3-5-7-9-11-13-15-17-19-21-23-25-27-29-31-36-42(50)47-40-34-33-35-41(46(54)55-49-44(52)38-39-45(49)53)48-43(51)37-32-30-28-26-24-22-20-18-16-14-12-10-8-6-4-2/h41H,3-40H2,1-2H3,(H,47,50)(H,48,51)/t41-/m0/s1. The Bertz CT molecular complexity index is 973. The first-order valence-electron chi connectivity index (χ1n) is 23.5. The van der Waals surface area contributed by atoms with Gasteiger partial charge in [-0.2, -0.15) is 0 Å². The van der Waals surface area contributed by atoms with Crippen LogP contribution in [-0.2, 0) is 28.8 Å². The molecule has 1 fully saturated rings. The Morgan fingerprint density at radius 2 is 0.836 bits per heavy atom. The Balaban J connectivity index is 2.17. The maximum absolute atomic E-state index is 13.0. The van der Waals surface area contributed by atoms with E-state index in [2.05, 4.69) is 24.5 Å². The molecule has 1 heterocycles. The van der Waals surface area contributed by atoms with Crippen molar-refractivity contribution in [3.63, 3.8) is 0 Å². The van der Waals surface area contributed by atoms with Gasteiger partial charge in [-0.25, -0.2) is 4.79 Å². The van der Waals surface area contributed by atoms with E-state index in [1.807, 2.05) is 0 Å². The molecule has 0 bridgehead atoms. The molecule has 0 unspecified atom stereocenters. The Kier molecular flexibility index (Phi) is 34.2. The predicted molar refractivity (Wildman–Crippen MR) is 225 cm³/mol. The van der Waals surface area contributed by atoms with Gasteiger partial charge in [-0.1, -0.05) is 194 Å². The van der Waals surface area contributed by atoms with E-state index in [0.717, 1.165) is 32.1 Å². The monoisotopic (exact) mass is 776 g/mol. The van der Waals surface area contributed by atoms with Gasteiger partial charge in [0, 0.05) is 32.2 Å². The molecule has 55 heavy (non-hydrogen) atoms. The highest BCUT2D eigenvalue weighted by atomic mass is 16.7. The van der Waals surface area contributed by atoms with Gasteiger partial charge in [-0.05, 0) is 32.1 Å². The molecule has 1 atom stereocenters. The van der Waals surface area contributed by atoms with Crippen molar-refractivity contribution < 1.29 is 28.8 Å². The second-order valence-corrected chi connectivity index (χ2v) is 16.4. The molecule has 2 N–H and O–H groups in total. The lowest BCUT2D eigenvalue weighted by atomic mass is 10.0. The number of carbonyl (C=O) groups excluding carboxylic acids is 5. The van der Waals surface area contributed by atoms with E-state index >= 15 is 0 Å². The first-order chi connectivity index (χ1) is 26.9. The van der Waals surface area contributed by atoms with Crippen LogP contribution in [0.5, 0.6) is 0 Å². The molecular formula is C46H85N3O6. The smallest absolute Gasteiger partial charge is 0.355 e. The molecule has 1 rings (SSSR count). The number of hydrogen-bond acceptors (Lipinski definition) is 6. The number of carbonyl (C=O) groups is 5. The molecule has 0 aromatic rings. The number of imide groups is 1. The van der Waals surface area contributed by atoms with Crippen molar-refractivity contribution in [1.82, 2.24) is 15.7 Å². The normalized spacial score (nSPS) is 13.4. The lowest BCUT2D eigenvalue weighted by molar-refractivity contribution is -0.199. The summed E-state index contributed by atoms with van der Waals surface area (Å²) in [5.41, 5.74) is 0. The molecule has 0 radical (unpaired) electrons. The minimum absolute atomic E-state index is 0.0153. The first-order valence-corrected chi connectivity index (χ1v) is 23.5. The fourth-order valence-electron chi connectivity index (χ4n) is 7.43. The molecule has 1 aliphatic heterocycles. The van der Waals surface area contributed by atoms with Crippen LogP contribution < -0.4 is 10.6 Å². The van der Waals surface area contributed by atoms with Crippen molar-refractivity contribution in [3.8, 4) is 0 Å². The summed E-state index contributed by atoms with van der Waals surface area (Å²) in [7, 11) is 0. The minimum Gasteiger partial charge on any atom is -0.356 e. The maximum atomic E-state index is 13.0.